The van der Waals surface area contributed by atoms with E-state index in [1.807, 2.05) is 20.8 Å². The summed E-state index contributed by atoms with van der Waals surface area (Å²) in [6.45, 7) is 6.76. The summed E-state index contributed by atoms with van der Waals surface area (Å²) in [6.07, 6.45) is 5.64. The molecule has 2 saturated carbocycles. The van der Waals surface area contributed by atoms with E-state index in [1.54, 1.807) is 4.90 Å². The Balaban J connectivity index is 1.84. The maximum Gasteiger partial charge on any atom is 0.410 e. The van der Waals surface area contributed by atoms with Gasteiger partial charge in [-0.05, 0) is 46.5 Å². The Morgan fingerprint density at radius 3 is 2.39 bits per heavy atom. The molecule has 2 fully saturated rings. The molecule has 0 radical (unpaired) electrons. The van der Waals surface area contributed by atoms with Crippen LogP contribution in [0.15, 0.2) is 0 Å². The van der Waals surface area contributed by atoms with Crippen LogP contribution in [-0.4, -0.2) is 61.7 Å². The summed E-state index contributed by atoms with van der Waals surface area (Å²) in [5.41, 5.74) is -0.496. The third-order valence-electron chi connectivity index (χ3n) is 4.38. The van der Waals surface area contributed by atoms with Crippen LogP contribution in [0.1, 0.15) is 52.9 Å². The Labute approximate surface area is 139 Å². The summed E-state index contributed by atoms with van der Waals surface area (Å²) in [6, 6.07) is 0.283. The zero-order chi connectivity index (χ0) is 17.3. The highest BCUT2D eigenvalue weighted by molar-refractivity contribution is 7.91. The molecule has 0 aromatic carbocycles. The van der Waals surface area contributed by atoms with E-state index >= 15 is 0 Å². The van der Waals surface area contributed by atoms with Crippen LogP contribution in [0.5, 0.6) is 0 Å². The summed E-state index contributed by atoms with van der Waals surface area (Å²) < 4.78 is 29.1. The van der Waals surface area contributed by atoms with Crippen molar-refractivity contribution in [2.75, 3.05) is 19.3 Å². The van der Waals surface area contributed by atoms with Crippen molar-refractivity contribution in [2.24, 2.45) is 0 Å². The van der Waals surface area contributed by atoms with Crippen molar-refractivity contribution in [2.45, 2.75) is 75.8 Å². The van der Waals surface area contributed by atoms with E-state index in [1.165, 1.54) is 6.26 Å². The number of nitrogens with zero attached hydrogens (tertiary/aromatic N) is 1. The molecule has 134 valence electrons. The molecule has 2 rings (SSSR count). The molecule has 2 aliphatic rings. The van der Waals surface area contributed by atoms with Crippen LogP contribution in [0.2, 0.25) is 0 Å². The van der Waals surface area contributed by atoms with Gasteiger partial charge in [0.25, 0.3) is 0 Å². The Bertz CT molecular complexity index is 523. The molecule has 6 nitrogen and oxygen atoms in total. The third kappa shape index (κ3) is 5.64. The average molecular weight is 346 g/mol. The zero-order valence-corrected chi connectivity index (χ0v) is 15.5. The van der Waals surface area contributed by atoms with E-state index in [2.05, 4.69) is 5.32 Å². The predicted molar refractivity (Wildman–Crippen MR) is 90.2 cm³/mol. The molecule has 0 aromatic heterocycles. The number of hydrogen-bond acceptors (Lipinski definition) is 5. The first-order chi connectivity index (χ1) is 10.6. The van der Waals surface area contributed by atoms with Crippen LogP contribution in [0, 0.1) is 0 Å². The largest absolute Gasteiger partial charge is 0.444 e. The van der Waals surface area contributed by atoms with Gasteiger partial charge in [-0.25, -0.2) is 13.2 Å². The van der Waals surface area contributed by atoms with E-state index in [0.717, 1.165) is 32.1 Å². The van der Waals surface area contributed by atoms with Gasteiger partial charge in [0, 0.05) is 31.4 Å². The number of nitrogens with one attached hydrogen (secondary N) is 1. The number of hydrogen-bond donors (Lipinski definition) is 1. The van der Waals surface area contributed by atoms with Crippen LogP contribution in [-0.2, 0) is 14.6 Å². The second-order valence-electron chi connectivity index (χ2n) is 7.76. The average Bonchev–Trinajstić information content (AvgIpc) is 3.08. The Kier molecular flexibility index (Phi) is 5.61. The van der Waals surface area contributed by atoms with Crippen LogP contribution in [0.4, 0.5) is 4.79 Å². The van der Waals surface area contributed by atoms with Crippen LogP contribution < -0.4 is 5.32 Å². The molecule has 0 bridgehead atoms. The van der Waals surface area contributed by atoms with Gasteiger partial charge in [-0.15, -0.1) is 0 Å². The van der Waals surface area contributed by atoms with Gasteiger partial charge in [0.1, 0.15) is 5.60 Å². The molecule has 23 heavy (non-hydrogen) atoms. The van der Waals surface area contributed by atoms with E-state index in [9.17, 15) is 13.2 Å². The first-order valence-electron chi connectivity index (χ1n) is 8.50. The number of carbonyl (C=O) groups excluding carboxylic acids is 1. The van der Waals surface area contributed by atoms with Crippen LogP contribution in [0.25, 0.3) is 0 Å². The van der Waals surface area contributed by atoms with Gasteiger partial charge in [-0.2, -0.15) is 0 Å². The molecule has 2 aliphatic carbocycles. The monoisotopic (exact) mass is 346 g/mol. The van der Waals surface area contributed by atoms with Crippen molar-refractivity contribution in [1.82, 2.24) is 10.2 Å². The van der Waals surface area contributed by atoms with Gasteiger partial charge in [0.15, 0.2) is 9.84 Å². The lowest BCUT2D eigenvalue weighted by Crippen LogP contribution is -2.46. The molecule has 2 unspecified atom stereocenters. The molecule has 0 aromatic rings. The minimum absolute atomic E-state index is 0.00434. The van der Waals surface area contributed by atoms with Gasteiger partial charge < -0.3 is 15.0 Å². The highest BCUT2D eigenvalue weighted by Gasteiger charge is 2.37. The van der Waals surface area contributed by atoms with Gasteiger partial charge in [0.05, 0.1) is 5.25 Å². The predicted octanol–water partition coefficient (Wildman–Crippen LogP) is 1.94. The topological polar surface area (TPSA) is 75.7 Å². The summed E-state index contributed by atoms with van der Waals surface area (Å²) >= 11 is 0. The number of rotatable bonds is 6. The minimum atomic E-state index is -3.01. The molecule has 0 heterocycles. The molecule has 7 heteroatoms. The van der Waals surface area contributed by atoms with Gasteiger partial charge in [-0.3, -0.25) is 0 Å². The van der Waals surface area contributed by atoms with Crippen molar-refractivity contribution in [1.29, 1.82) is 0 Å². The van der Waals surface area contributed by atoms with Crippen molar-refractivity contribution < 1.29 is 17.9 Å². The van der Waals surface area contributed by atoms with Crippen molar-refractivity contribution >= 4 is 15.9 Å². The molecule has 2 atom stereocenters. The lowest BCUT2D eigenvalue weighted by Gasteiger charge is -2.28. The Morgan fingerprint density at radius 1 is 1.22 bits per heavy atom. The molecule has 1 amide bonds. The molecule has 0 spiro atoms. The normalized spacial score (nSPS) is 25.4. The summed E-state index contributed by atoms with van der Waals surface area (Å²) in [4.78, 5) is 14.1. The fourth-order valence-electron chi connectivity index (χ4n) is 3.17. The van der Waals surface area contributed by atoms with Crippen LogP contribution >= 0.6 is 0 Å². The van der Waals surface area contributed by atoms with E-state index in [4.69, 9.17) is 4.74 Å². The number of ether oxygens (including phenoxy) is 1. The lowest BCUT2D eigenvalue weighted by atomic mass is 10.2. The van der Waals surface area contributed by atoms with Gasteiger partial charge >= 0.3 is 6.09 Å². The number of amides is 1. The first kappa shape index (κ1) is 18.5. The van der Waals surface area contributed by atoms with Crippen LogP contribution in [0.3, 0.4) is 0 Å². The maximum atomic E-state index is 12.3. The zero-order valence-electron chi connectivity index (χ0n) is 14.7. The standard InChI is InChI=1S/C16H30N2O4S/c1-16(2,3)22-15(19)18(12-8-9-12)11-10-17-13-6-5-7-14(13)23(4,20)21/h12-14,17H,5-11H2,1-4H3. The fourth-order valence-corrected chi connectivity index (χ4v) is 4.60. The van der Waals surface area contributed by atoms with Crippen molar-refractivity contribution in [3.63, 3.8) is 0 Å². The molecule has 1 N–H and O–H groups in total. The molecule has 0 saturated heterocycles. The van der Waals surface area contributed by atoms with E-state index < -0.39 is 15.4 Å². The van der Waals surface area contributed by atoms with Gasteiger partial charge in [0.2, 0.25) is 0 Å². The second-order valence-corrected chi connectivity index (χ2v) is 10.0. The Morgan fingerprint density at radius 2 is 1.87 bits per heavy atom. The smallest absolute Gasteiger partial charge is 0.410 e. The SMILES string of the molecule is CC(C)(C)OC(=O)N(CCNC1CCCC1S(C)(=O)=O)C1CC1. The number of carbonyl (C=O) groups is 1. The van der Waals surface area contributed by atoms with E-state index in [-0.39, 0.29) is 23.4 Å². The maximum absolute atomic E-state index is 12.3. The molecule has 0 aliphatic heterocycles. The highest BCUT2D eigenvalue weighted by Crippen LogP contribution is 2.28. The molecular formula is C16H30N2O4S. The third-order valence-corrected chi connectivity index (χ3v) is 6.04. The summed E-state index contributed by atoms with van der Waals surface area (Å²) in [5, 5.41) is 3.05. The quantitative estimate of drug-likeness (QED) is 0.795. The van der Waals surface area contributed by atoms with E-state index in [0.29, 0.717) is 13.1 Å². The van der Waals surface area contributed by atoms with Crippen molar-refractivity contribution in [3.05, 3.63) is 0 Å². The van der Waals surface area contributed by atoms with Crippen molar-refractivity contribution in [3.8, 4) is 0 Å². The van der Waals surface area contributed by atoms with Gasteiger partial charge in [-0.1, -0.05) is 6.42 Å². The first-order valence-corrected chi connectivity index (χ1v) is 10.5. The summed E-state index contributed by atoms with van der Waals surface area (Å²) in [7, 11) is -3.01. The highest BCUT2D eigenvalue weighted by atomic mass is 32.2. The number of sulfone groups is 1. The fraction of sp³-hybridized carbons (Fsp3) is 0.938. The Hall–Kier alpha value is -0.820. The summed E-state index contributed by atoms with van der Waals surface area (Å²) in [5.74, 6) is 0. The lowest BCUT2D eigenvalue weighted by molar-refractivity contribution is 0.0234. The second kappa shape index (κ2) is 6.97. The minimum Gasteiger partial charge on any atom is -0.444 e. The molecular weight excluding hydrogens is 316 g/mol.